The molecule has 0 saturated heterocycles. The summed E-state index contributed by atoms with van der Waals surface area (Å²) in [7, 11) is 0. The van der Waals surface area contributed by atoms with Crippen LogP contribution in [0.25, 0.3) is 0 Å². The molecule has 0 bridgehead atoms. The van der Waals surface area contributed by atoms with Gasteiger partial charge in [0.2, 0.25) is 0 Å². The van der Waals surface area contributed by atoms with Gasteiger partial charge in [-0.1, -0.05) is 15.9 Å². The summed E-state index contributed by atoms with van der Waals surface area (Å²) in [5.74, 6) is -0.681. The molecule has 0 unspecified atom stereocenters. The molecule has 0 radical (unpaired) electrons. The molecule has 4 heteroatoms. The molecular weight excluding hydrogens is 236 g/mol. The van der Waals surface area contributed by atoms with E-state index in [0.717, 1.165) is 10.0 Å². The van der Waals surface area contributed by atoms with Crippen molar-refractivity contribution in [2.75, 3.05) is 6.61 Å². The van der Waals surface area contributed by atoms with Crippen molar-refractivity contribution in [1.29, 1.82) is 0 Å². The number of carboxylic acid groups (broad SMARTS) is 1. The summed E-state index contributed by atoms with van der Waals surface area (Å²) in [6.45, 7) is 0.237. The first kappa shape index (κ1) is 8.56. The maximum absolute atomic E-state index is 10.8. The molecule has 1 N–H and O–H groups in total. The summed E-state index contributed by atoms with van der Waals surface area (Å²) in [5, 5.41) is 8.86. The number of fused-ring (bicyclic) bond motifs is 1. The van der Waals surface area contributed by atoms with Crippen molar-refractivity contribution in [3.05, 3.63) is 28.2 Å². The Morgan fingerprint density at radius 3 is 3.08 bits per heavy atom. The fourth-order valence-corrected chi connectivity index (χ4v) is 1.77. The van der Waals surface area contributed by atoms with Gasteiger partial charge in [-0.15, -0.1) is 0 Å². The third-order valence-electron chi connectivity index (χ3n) is 2.05. The molecule has 0 saturated carbocycles. The summed E-state index contributed by atoms with van der Waals surface area (Å²) < 4.78 is 6.10. The van der Waals surface area contributed by atoms with E-state index >= 15 is 0 Å². The molecule has 1 heterocycles. The van der Waals surface area contributed by atoms with Crippen LogP contribution in [-0.2, 0) is 4.79 Å². The molecule has 1 aliphatic rings. The van der Waals surface area contributed by atoms with Gasteiger partial charge in [0.1, 0.15) is 18.3 Å². The van der Waals surface area contributed by atoms with Crippen molar-refractivity contribution in [3.63, 3.8) is 0 Å². The second-order valence-corrected chi connectivity index (χ2v) is 3.80. The number of halogens is 1. The Balaban J connectivity index is 2.46. The van der Waals surface area contributed by atoms with Crippen LogP contribution < -0.4 is 4.74 Å². The van der Waals surface area contributed by atoms with E-state index in [1.54, 1.807) is 12.1 Å². The van der Waals surface area contributed by atoms with E-state index < -0.39 is 11.9 Å². The molecule has 2 rings (SSSR count). The van der Waals surface area contributed by atoms with E-state index in [0.29, 0.717) is 5.75 Å². The van der Waals surface area contributed by atoms with Crippen LogP contribution >= 0.6 is 15.9 Å². The Hall–Kier alpha value is -1.03. The van der Waals surface area contributed by atoms with Gasteiger partial charge < -0.3 is 9.84 Å². The molecule has 1 aromatic rings. The number of rotatable bonds is 1. The van der Waals surface area contributed by atoms with Crippen molar-refractivity contribution >= 4 is 21.9 Å². The van der Waals surface area contributed by atoms with Gasteiger partial charge in [-0.05, 0) is 18.2 Å². The predicted octanol–water partition coefficient (Wildman–Crippen LogP) is 2.01. The quantitative estimate of drug-likeness (QED) is 0.820. The highest BCUT2D eigenvalue weighted by Crippen LogP contribution is 2.35. The van der Waals surface area contributed by atoms with E-state index in [1.807, 2.05) is 6.07 Å². The maximum Gasteiger partial charge on any atom is 0.314 e. The minimum absolute atomic E-state index is 0.237. The minimum Gasteiger partial charge on any atom is -0.492 e. The first-order chi connectivity index (χ1) is 6.18. The van der Waals surface area contributed by atoms with Gasteiger partial charge in [0.15, 0.2) is 0 Å². The SMILES string of the molecule is O=C(O)[C@H]1COc2ccc(Br)cc21. The Morgan fingerprint density at radius 2 is 2.38 bits per heavy atom. The number of hydrogen-bond donors (Lipinski definition) is 1. The van der Waals surface area contributed by atoms with Crippen LogP contribution in [0.5, 0.6) is 5.75 Å². The molecule has 68 valence electrons. The molecule has 0 spiro atoms. The lowest BCUT2D eigenvalue weighted by atomic mass is 10.0. The molecule has 1 aromatic carbocycles. The fraction of sp³-hybridized carbons (Fsp3) is 0.222. The van der Waals surface area contributed by atoms with Crippen LogP contribution in [0, 0.1) is 0 Å². The lowest BCUT2D eigenvalue weighted by Gasteiger charge is -2.01. The number of ether oxygens (including phenoxy) is 1. The van der Waals surface area contributed by atoms with Crippen LogP contribution in [0.2, 0.25) is 0 Å². The molecule has 3 nitrogen and oxygen atoms in total. The van der Waals surface area contributed by atoms with E-state index in [2.05, 4.69) is 15.9 Å². The second kappa shape index (κ2) is 3.03. The lowest BCUT2D eigenvalue weighted by molar-refractivity contribution is -0.138. The summed E-state index contributed by atoms with van der Waals surface area (Å²) in [5.41, 5.74) is 0.752. The van der Waals surface area contributed by atoms with Crippen molar-refractivity contribution in [3.8, 4) is 5.75 Å². The molecule has 1 atom stereocenters. The molecule has 0 aromatic heterocycles. The van der Waals surface area contributed by atoms with Gasteiger partial charge in [-0.2, -0.15) is 0 Å². The largest absolute Gasteiger partial charge is 0.492 e. The zero-order chi connectivity index (χ0) is 9.42. The number of aliphatic carboxylic acids is 1. The number of benzene rings is 1. The van der Waals surface area contributed by atoms with Crippen LogP contribution in [0.3, 0.4) is 0 Å². The third-order valence-corrected chi connectivity index (χ3v) is 2.54. The third kappa shape index (κ3) is 1.42. The summed E-state index contributed by atoms with van der Waals surface area (Å²) in [6, 6.07) is 5.41. The van der Waals surface area contributed by atoms with E-state index in [9.17, 15) is 4.79 Å². The van der Waals surface area contributed by atoms with Crippen LogP contribution in [0.4, 0.5) is 0 Å². The monoisotopic (exact) mass is 242 g/mol. The molecular formula is C9H7BrO3. The maximum atomic E-state index is 10.8. The van der Waals surface area contributed by atoms with Crippen LogP contribution in [0.15, 0.2) is 22.7 Å². The van der Waals surface area contributed by atoms with Gasteiger partial charge in [0.25, 0.3) is 0 Å². The Bertz CT molecular complexity index is 362. The topological polar surface area (TPSA) is 46.5 Å². The van der Waals surface area contributed by atoms with Crippen molar-refractivity contribution in [2.45, 2.75) is 5.92 Å². The first-order valence-corrected chi connectivity index (χ1v) is 4.63. The van der Waals surface area contributed by atoms with Gasteiger partial charge in [-0.25, -0.2) is 0 Å². The van der Waals surface area contributed by atoms with Gasteiger partial charge in [0, 0.05) is 10.0 Å². The van der Waals surface area contributed by atoms with Gasteiger partial charge >= 0.3 is 5.97 Å². The molecule has 0 aliphatic carbocycles. The van der Waals surface area contributed by atoms with Gasteiger partial charge in [-0.3, -0.25) is 4.79 Å². The van der Waals surface area contributed by atoms with Crippen LogP contribution in [-0.4, -0.2) is 17.7 Å². The zero-order valence-electron chi connectivity index (χ0n) is 6.66. The van der Waals surface area contributed by atoms with Crippen molar-refractivity contribution in [2.24, 2.45) is 0 Å². The zero-order valence-corrected chi connectivity index (χ0v) is 8.24. The van der Waals surface area contributed by atoms with Crippen LogP contribution in [0.1, 0.15) is 11.5 Å². The Labute approximate surface area is 83.5 Å². The highest BCUT2D eigenvalue weighted by Gasteiger charge is 2.29. The van der Waals surface area contributed by atoms with Crippen molar-refractivity contribution < 1.29 is 14.6 Å². The summed E-state index contributed by atoms with van der Waals surface area (Å²) >= 11 is 3.29. The summed E-state index contributed by atoms with van der Waals surface area (Å²) in [4.78, 5) is 10.8. The number of hydrogen-bond acceptors (Lipinski definition) is 2. The average molecular weight is 243 g/mol. The normalized spacial score (nSPS) is 19.3. The van der Waals surface area contributed by atoms with E-state index in [1.165, 1.54) is 0 Å². The molecule has 13 heavy (non-hydrogen) atoms. The summed E-state index contributed by atoms with van der Waals surface area (Å²) in [6.07, 6.45) is 0. The molecule has 0 amide bonds. The van der Waals surface area contributed by atoms with E-state index in [4.69, 9.17) is 9.84 Å². The fourth-order valence-electron chi connectivity index (χ4n) is 1.39. The molecule has 0 fully saturated rings. The predicted molar refractivity (Wildman–Crippen MR) is 50.0 cm³/mol. The number of carbonyl (C=O) groups is 1. The smallest absolute Gasteiger partial charge is 0.314 e. The van der Waals surface area contributed by atoms with Crippen molar-refractivity contribution in [1.82, 2.24) is 0 Å². The van der Waals surface area contributed by atoms with E-state index in [-0.39, 0.29) is 6.61 Å². The Kier molecular flexibility index (Phi) is 2.00. The lowest BCUT2D eigenvalue weighted by Crippen LogP contribution is -2.12. The molecule has 1 aliphatic heterocycles. The standard InChI is InChI=1S/C9H7BrO3/c10-5-1-2-8-6(3-5)7(4-13-8)9(11)12/h1-3,7H,4H2,(H,11,12)/t7-/m0/s1. The number of carboxylic acids is 1. The average Bonchev–Trinajstić information content (AvgIpc) is 2.46. The van der Waals surface area contributed by atoms with Gasteiger partial charge in [0.05, 0.1) is 0 Å². The first-order valence-electron chi connectivity index (χ1n) is 3.83. The highest BCUT2D eigenvalue weighted by molar-refractivity contribution is 9.10. The second-order valence-electron chi connectivity index (χ2n) is 2.88. The highest BCUT2D eigenvalue weighted by atomic mass is 79.9. The Morgan fingerprint density at radius 1 is 1.62 bits per heavy atom. The minimum atomic E-state index is -0.836.